The Balaban J connectivity index is 1.71. The normalized spacial score (nSPS) is 16.2. The molecule has 6 heteroatoms. The van der Waals surface area contributed by atoms with Crippen LogP contribution in [0.1, 0.15) is 47.0 Å². The lowest BCUT2D eigenvalue weighted by Gasteiger charge is -2.24. The maximum Gasteiger partial charge on any atom is 0.349 e. The molecule has 156 valence electrons. The molecule has 1 aromatic heterocycles. The number of likely N-dealkylation sites (tertiary alicyclic amines) is 1. The van der Waals surface area contributed by atoms with E-state index in [1.165, 1.54) is 0 Å². The van der Waals surface area contributed by atoms with Crippen molar-refractivity contribution in [2.75, 3.05) is 26.9 Å². The molecule has 6 nitrogen and oxygen atoms in total. The van der Waals surface area contributed by atoms with Crippen molar-refractivity contribution in [3.8, 4) is 5.75 Å². The number of carbonyl (C=O) groups excluding carboxylic acids is 1. The Morgan fingerprint density at radius 3 is 2.66 bits per heavy atom. The van der Waals surface area contributed by atoms with E-state index in [1.54, 1.807) is 18.9 Å². The standard InChI is InChI=1S/C23H29NO5/c1-4-28-15-18-6-5-13-24(18)22(25)21-16(2)14-20(29-23(21)26)12-9-17-7-10-19(27-3)11-8-17/h7-8,10-11,14,18H,4-6,9,12-13,15H2,1-3H3. The lowest BCUT2D eigenvalue weighted by Crippen LogP contribution is -2.40. The smallest absolute Gasteiger partial charge is 0.349 e. The van der Waals surface area contributed by atoms with Gasteiger partial charge in [-0.2, -0.15) is 0 Å². The van der Waals surface area contributed by atoms with E-state index in [0.29, 0.717) is 37.5 Å². The van der Waals surface area contributed by atoms with E-state index in [2.05, 4.69) is 0 Å². The van der Waals surface area contributed by atoms with Crippen molar-refractivity contribution in [1.29, 1.82) is 0 Å². The van der Waals surface area contributed by atoms with E-state index in [4.69, 9.17) is 13.9 Å². The summed E-state index contributed by atoms with van der Waals surface area (Å²) >= 11 is 0. The minimum Gasteiger partial charge on any atom is -0.497 e. The zero-order chi connectivity index (χ0) is 20.8. The van der Waals surface area contributed by atoms with Gasteiger partial charge in [-0.1, -0.05) is 12.1 Å². The van der Waals surface area contributed by atoms with Gasteiger partial charge < -0.3 is 18.8 Å². The molecule has 1 amide bonds. The summed E-state index contributed by atoms with van der Waals surface area (Å²) in [4.78, 5) is 27.4. The highest BCUT2D eigenvalue weighted by Gasteiger charge is 2.32. The Bertz CT molecular complexity index is 887. The molecule has 0 radical (unpaired) electrons. The molecule has 0 bridgehead atoms. The first-order valence-electron chi connectivity index (χ1n) is 10.2. The topological polar surface area (TPSA) is 69.0 Å². The average molecular weight is 399 g/mol. The minimum atomic E-state index is -0.554. The molecule has 0 spiro atoms. The van der Waals surface area contributed by atoms with E-state index in [1.807, 2.05) is 37.3 Å². The van der Waals surface area contributed by atoms with Gasteiger partial charge in [-0.15, -0.1) is 0 Å². The van der Waals surface area contributed by atoms with Crippen molar-refractivity contribution in [1.82, 2.24) is 4.90 Å². The number of hydrogen-bond acceptors (Lipinski definition) is 5. The first-order chi connectivity index (χ1) is 14.0. The van der Waals surface area contributed by atoms with Gasteiger partial charge in [0, 0.05) is 19.6 Å². The van der Waals surface area contributed by atoms with E-state index < -0.39 is 5.63 Å². The Morgan fingerprint density at radius 2 is 2.00 bits per heavy atom. The molecule has 1 unspecified atom stereocenters. The summed E-state index contributed by atoms with van der Waals surface area (Å²) in [6.07, 6.45) is 3.15. The second-order valence-electron chi connectivity index (χ2n) is 7.36. The molecule has 1 fully saturated rings. The fourth-order valence-electron chi connectivity index (χ4n) is 3.79. The molecule has 2 aromatic rings. The Hall–Kier alpha value is -2.60. The number of rotatable bonds is 8. The van der Waals surface area contributed by atoms with Gasteiger partial charge in [-0.25, -0.2) is 4.79 Å². The van der Waals surface area contributed by atoms with Crippen LogP contribution in [0.3, 0.4) is 0 Å². The van der Waals surface area contributed by atoms with Crippen LogP contribution in [-0.4, -0.2) is 43.7 Å². The fourth-order valence-corrected chi connectivity index (χ4v) is 3.79. The molecule has 29 heavy (non-hydrogen) atoms. The van der Waals surface area contributed by atoms with Crippen molar-refractivity contribution in [3.05, 3.63) is 63.2 Å². The predicted octanol–water partition coefficient (Wildman–Crippen LogP) is 3.38. The van der Waals surface area contributed by atoms with Crippen molar-refractivity contribution in [2.45, 2.75) is 45.6 Å². The Kier molecular flexibility index (Phi) is 7.09. The maximum atomic E-state index is 13.0. The molecule has 1 aliphatic rings. The van der Waals surface area contributed by atoms with Gasteiger partial charge in [-0.05, 0) is 62.4 Å². The highest BCUT2D eigenvalue weighted by Crippen LogP contribution is 2.21. The zero-order valence-electron chi connectivity index (χ0n) is 17.4. The van der Waals surface area contributed by atoms with E-state index >= 15 is 0 Å². The van der Waals surface area contributed by atoms with Gasteiger partial charge in [-0.3, -0.25) is 4.79 Å². The summed E-state index contributed by atoms with van der Waals surface area (Å²) < 4.78 is 16.2. The lowest BCUT2D eigenvalue weighted by atomic mass is 10.1. The summed E-state index contributed by atoms with van der Waals surface area (Å²) in [5, 5.41) is 0. The molecular weight excluding hydrogens is 370 g/mol. The largest absolute Gasteiger partial charge is 0.497 e. The zero-order valence-corrected chi connectivity index (χ0v) is 17.4. The number of ether oxygens (including phenoxy) is 2. The first kappa shape index (κ1) is 21.1. The number of amides is 1. The van der Waals surface area contributed by atoms with Crippen LogP contribution in [0.4, 0.5) is 0 Å². The van der Waals surface area contributed by atoms with Crippen LogP contribution in [0.25, 0.3) is 0 Å². The second kappa shape index (κ2) is 9.74. The molecule has 1 atom stereocenters. The van der Waals surface area contributed by atoms with E-state index in [-0.39, 0.29) is 17.5 Å². The van der Waals surface area contributed by atoms with Gasteiger partial charge in [0.05, 0.1) is 19.8 Å². The van der Waals surface area contributed by atoms with Crippen LogP contribution >= 0.6 is 0 Å². The third kappa shape index (κ3) is 5.07. The highest BCUT2D eigenvalue weighted by atomic mass is 16.5. The van der Waals surface area contributed by atoms with E-state index in [9.17, 15) is 9.59 Å². The summed E-state index contributed by atoms with van der Waals surface area (Å²) in [6, 6.07) is 9.64. The van der Waals surface area contributed by atoms with Crippen molar-refractivity contribution >= 4 is 5.91 Å². The van der Waals surface area contributed by atoms with Crippen LogP contribution < -0.4 is 10.4 Å². The number of benzene rings is 1. The number of aryl methyl sites for hydroxylation is 3. The number of methoxy groups -OCH3 is 1. The van der Waals surface area contributed by atoms with Crippen molar-refractivity contribution in [3.63, 3.8) is 0 Å². The maximum absolute atomic E-state index is 13.0. The van der Waals surface area contributed by atoms with Gasteiger partial charge in [0.1, 0.15) is 17.1 Å². The molecule has 1 aliphatic heterocycles. The third-order valence-corrected chi connectivity index (χ3v) is 5.39. The monoisotopic (exact) mass is 399 g/mol. The van der Waals surface area contributed by atoms with Gasteiger partial charge in [0.25, 0.3) is 5.91 Å². The van der Waals surface area contributed by atoms with Gasteiger partial charge >= 0.3 is 5.63 Å². The van der Waals surface area contributed by atoms with Crippen molar-refractivity contribution < 1.29 is 18.7 Å². The fraction of sp³-hybridized carbons (Fsp3) is 0.478. The number of carbonyl (C=O) groups is 1. The van der Waals surface area contributed by atoms with Gasteiger partial charge in [0.15, 0.2) is 0 Å². The number of nitrogens with zero attached hydrogens (tertiary/aromatic N) is 1. The van der Waals surface area contributed by atoms with Crippen molar-refractivity contribution in [2.24, 2.45) is 0 Å². The molecule has 3 rings (SSSR count). The quantitative estimate of drug-likeness (QED) is 0.681. The average Bonchev–Trinajstić information content (AvgIpc) is 3.19. The van der Waals surface area contributed by atoms with Gasteiger partial charge in [0.2, 0.25) is 0 Å². The molecule has 2 heterocycles. The summed E-state index contributed by atoms with van der Waals surface area (Å²) in [5.41, 5.74) is 1.38. The van der Waals surface area contributed by atoms with Crippen LogP contribution in [0, 0.1) is 6.92 Å². The number of hydrogen-bond donors (Lipinski definition) is 0. The van der Waals surface area contributed by atoms with Crippen LogP contribution in [0.15, 0.2) is 39.5 Å². The minimum absolute atomic E-state index is 0.0241. The SMILES string of the molecule is CCOCC1CCCN1C(=O)c1c(C)cc(CCc2ccc(OC)cc2)oc1=O. The third-order valence-electron chi connectivity index (χ3n) is 5.39. The highest BCUT2D eigenvalue weighted by molar-refractivity contribution is 5.95. The molecular formula is C23H29NO5. The summed E-state index contributed by atoms with van der Waals surface area (Å²) in [6.45, 7) is 5.50. The lowest BCUT2D eigenvalue weighted by molar-refractivity contribution is 0.0559. The van der Waals surface area contributed by atoms with Crippen LogP contribution in [0.2, 0.25) is 0 Å². The summed E-state index contributed by atoms with van der Waals surface area (Å²) in [5.74, 6) is 1.15. The van der Waals surface area contributed by atoms with Crippen LogP contribution in [0.5, 0.6) is 5.75 Å². The first-order valence-corrected chi connectivity index (χ1v) is 10.2. The molecule has 0 aliphatic carbocycles. The molecule has 1 aromatic carbocycles. The van der Waals surface area contributed by atoms with E-state index in [0.717, 1.165) is 30.6 Å². The Morgan fingerprint density at radius 1 is 1.24 bits per heavy atom. The molecule has 0 N–H and O–H groups in total. The molecule has 0 saturated carbocycles. The Labute approximate surface area is 171 Å². The predicted molar refractivity (Wildman–Crippen MR) is 111 cm³/mol. The second-order valence-corrected chi connectivity index (χ2v) is 7.36. The van der Waals surface area contributed by atoms with Crippen LogP contribution in [-0.2, 0) is 17.6 Å². The summed E-state index contributed by atoms with van der Waals surface area (Å²) in [7, 11) is 1.64. The molecule has 1 saturated heterocycles.